The summed E-state index contributed by atoms with van der Waals surface area (Å²) in [5, 5.41) is 6.75. The topological polar surface area (TPSA) is 67.1 Å². The number of aryl methyl sites for hydroxylation is 1. The van der Waals surface area contributed by atoms with Crippen molar-refractivity contribution < 1.29 is 4.42 Å². The third-order valence-corrected chi connectivity index (χ3v) is 4.93. The molecule has 0 aliphatic carbocycles. The van der Waals surface area contributed by atoms with Crippen LogP contribution in [0.4, 0.5) is 0 Å². The van der Waals surface area contributed by atoms with Gasteiger partial charge in [0.05, 0.1) is 6.54 Å². The van der Waals surface area contributed by atoms with Gasteiger partial charge in [0, 0.05) is 19.4 Å². The van der Waals surface area contributed by atoms with E-state index in [9.17, 15) is 4.79 Å². The van der Waals surface area contributed by atoms with Crippen molar-refractivity contribution in [3.63, 3.8) is 0 Å². The standard InChI is InChI=1S/C18H28N4O2/c1-3-5-15-6-7-16(24-15)13-21-10-8-14(9-11-21)12-17-19-20-18(23)22(17)4-2/h6-7,14H,3-5,8-13H2,1-2H3,(H,20,23). The molecule has 0 bridgehead atoms. The zero-order valence-corrected chi connectivity index (χ0v) is 14.8. The Bertz CT molecular complexity index is 692. The molecule has 0 spiro atoms. The van der Waals surface area contributed by atoms with E-state index in [1.54, 1.807) is 4.57 Å². The summed E-state index contributed by atoms with van der Waals surface area (Å²) in [6.07, 6.45) is 5.32. The van der Waals surface area contributed by atoms with E-state index < -0.39 is 0 Å². The molecule has 0 amide bonds. The number of aromatic nitrogens is 3. The van der Waals surface area contributed by atoms with Gasteiger partial charge in [-0.05, 0) is 57.3 Å². The highest BCUT2D eigenvalue weighted by atomic mass is 16.3. The summed E-state index contributed by atoms with van der Waals surface area (Å²) in [6, 6.07) is 4.22. The Morgan fingerprint density at radius 1 is 1.25 bits per heavy atom. The number of aromatic amines is 1. The summed E-state index contributed by atoms with van der Waals surface area (Å²) in [7, 11) is 0. The highest BCUT2D eigenvalue weighted by molar-refractivity contribution is 5.07. The second-order valence-corrected chi connectivity index (χ2v) is 6.73. The fraction of sp³-hybridized carbons (Fsp3) is 0.667. The quantitative estimate of drug-likeness (QED) is 0.846. The number of rotatable bonds is 7. The van der Waals surface area contributed by atoms with Crippen molar-refractivity contribution in [3.05, 3.63) is 40.0 Å². The van der Waals surface area contributed by atoms with Gasteiger partial charge in [0.25, 0.3) is 0 Å². The molecule has 1 N–H and O–H groups in total. The molecule has 132 valence electrons. The zero-order chi connectivity index (χ0) is 16.9. The van der Waals surface area contributed by atoms with Crippen LogP contribution in [0.2, 0.25) is 0 Å². The normalized spacial score (nSPS) is 16.8. The Morgan fingerprint density at radius 3 is 2.71 bits per heavy atom. The van der Waals surface area contributed by atoms with Crippen LogP contribution in [0.3, 0.4) is 0 Å². The molecule has 1 fully saturated rings. The highest BCUT2D eigenvalue weighted by Crippen LogP contribution is 2.22. The summed E-state index contributed by atoms with van der Waals surface area (Å²) in [5.41, 5.74) is -0.0920. The third kappa shape index (κ3) is 3.98. The maximum atomic E-state index is 11.6. The molecule has 0 atom stereocenters. The number of likely N-dealkylation sites (tertiary alicyclic amines) is 1. The minimum Gasteiger partial charge on any atom is -0.465 e. The van der Waals surface area contributed by atoms with Crippen molar-refractivity contribution in [2.24, 2.45) is 5.92 Å². The lowest BCUT2D eigenvalue weighted by atomic mass is 9.93. The lowest BCUT2D eigenvalue weighted by Crippen LogP contribution is -2.34. The van der Waals surface area contributed by atoms with E-state index in [4.69, 9.17) is 4.42 Å². The number of nitrogens with zero attached hydrogens (tertiary/aromatic N) is 3. The number of hydrogen-bond acceptors (Lipinski definition) is 4. The first-order valence-electron chi connectivity index (χ1n) is 9.13. The van der Waals surface area contributed by atoms with Crippen LogP contribution >= 0.6 is 0 Å². The van der Waals surface area contributed by atoms with Crippen molar-refractivity contribution in [2.75, 3.05) is 13.1 Å². The molecule has 3 heterocycles. The predicted molar refractivity (Wildman–Crippen MR) is 92.9 cm³/mol. The predicted octanol–water partition coefficient (Wildman–Crippen LogP) is 2.59. The first-order chi connectivity index (χ1) is 11.7. The molecule has 24 heavy (non-hydrogen) atoms. The maximum Gasteiger partial charge on any atom is 0.343 e. The van der Waals surface area contributed by atoms with Crippen LogP contribution in [0.5, 0.6) is 0 Å². The monoisotopic (exact) mass is 332 g/mol. The Morgan fingerprint density at radius 2 is 2.00 bits per heavy atom. The summed E-state index contributed by atoms with van der Waals surface area (Å²) >= 11 is 0. The lowest BCUT2D eigenvalue weighted by Gasteiger charge is -2.31. The summed E-state index contributed by atoms with van der Waals surface area (Å²) in [5.74, 6) is 3.67. The smallest absolute Gasteiger partial charge is 0.343 e. The molecule has 6 heteroatoms. The van der Waals surface area contributed by atoms with Gasteiger partial charge in [-0.1, -0.05) is 6.92 Å². The Hall–Kier alpha value is -1.82. The SMILES string of the molecule is CCCc1ccc(CN2CCC(Cc3n[nH]c(=O)n3CC)CC2)o1. The molecule has 0 aromatic carbocycles. The van der Waals surface area contributed by atoms with Gasteiger partial charge in [0.1, 0.15) is 17.3 Å². The molecule has 1 saturated heterocycles. The van der Waals surface area contributed by atoms with Crippen LogP contribution in [-0.4, -0.2) is 32.8 Å². The number of hydrogen-bond donors (Lipinski definition) is 1. The average molecular weight is 332 g/mol. The first-order valence-corrected chi connectivity index (χ1v) is 9.13. The molecular formula is C18H28N4O2. The molecule has 6 nitrogen and oxygen atoms in total. The van der Waals surface area contributed by atoms with Crippen molar-refractivity contribution >= 4 is 0 Å². The van der Waals surface area contributed by atoms with E-state index in [0.29, 0.717) is 12.5 Å². The van der Waals surface area contributed by atoms with E-state index in [-0.39, 0.29) is 5.69 Å². The fourth-order valence-corrected chi connectivity index (χ4v) is 3.55. The Labute approximate surface area is 142 Å². The number of piperidine rings is 1. The van der Waals surface area contributed by atoms with Crippen LogP contribution in [-0.2, 0) is 25.9 Å². The average Bonchev–Trinajstić information content (AvgIpc) is 3.16. The minimum absolute atomic E-state index is 0.0920. The van der Waals surface area contributed by atoms with E-state index in [0.717, 1.165) is 69.1 Å². The van der Waals surface area contributed by atoms with Crippen LogP contribution in [0, 0.1) is 5.92 Å². The van der Waals surface area contributed by atoms with Gasteiger partial charge in [-0.2, -0.15) is 5.10 Å². The van der Waals surface area contributed by atoms with Crippen LogP contribution in [0.1, 0.15) is 50.5 Å². The minimum atomic E-state index is -0.0920. The second kappa shape index (κ2) is 7.83. The third-order valence-electron chi connectivity index (χ3n) is 4.93. The highest BCUT2D eigenvalue weighted by Gasteiger charge is 2.22. The number of nitrogens with one attached hydrogen (secondary N) is 1. The molecule has 1 aliphatic heterocycles. The zero-order valence-electron chi connectivity index (χ0n) is 14.8. The Kier molecular flexibility index (Phi) is 5.56. The van der Waals surface area contributed by atoms with Crippen LogP contribution < -0.4 is 5.69 Å². The van der Waals surface area contributed by atoms with Gasteiger partial charge < -0.3 is 4.42 Å². The van der Waals surface area contributed by atoms with Crippen molar-refractivity contribution in [1.82, 2.24) is 19.7 Å². The van der Waals surface area contributed by atoms with Gasteiger partial charge in [0.15, 0.2) is 0 Å². The maximum absolute atomic E-state index is 11.6. The van der Waals surface area contributed by atoms with Gasteiger partial charge in [-0.3, -0.25) is 9.47 Å². The van der Waals surface area contributed by atoms with Crippen molar-refractivity contribution in [2.45, 2.75) is 59.0 Å². The molecule has 3 rings (SSSR count). The van der Waals surface area contributed by atoms with Crippen LogP contribution in [0.15, 0.2) is 21.3 Å². The summed E-state index contributed by atoms with van der Waals surface area (Å²) in [6.45, 7) is 7.90. The van der Waals surface area contributed by atoms with Gasteiger partial charge in [0.2, 0.25) is 0 Å². The second-order valence-electron chi connectivity index (χ2n) is 6.73. The number of furan rings is 1. The molecule has 2 aromatic rings. The first kappa shape index (κ1) is 17.0. The van der Waals surface area contributed by atoms with Gasteiger partial charge in [-0.25, -0.2) is 9.89 Å². The van der Waals surface area contributed by atoms with Gasteiger partial charge in [-0.15, -0.1) is 0 Å². The van der Waals surface area contributed by atoms with Crippen LogP contribution in [0.25, 0.3) is 0 Å². The molecular weight excluding hydrogens is 304 g/mol. The fourth-order valence-electron chi connectivity index (χ4n) is 3.55. The molecule has 0 saturated carbocycles. The molecule has 0 radical (unpaired) electrons. The van der Waals surface area contributed by atoms with Gasteiger partial charge >= 0.3 is 5.69 Å². The van der Waals surface area contributed by atoms with E-state index in [1.165, 1.54) is 0 Å². The van der Waals surface area contributed by atoms with E-state index in [1.807, 2.05) is 6.92 Å². The van der Waals surface area contributed by atoms with E-state index in [2.05, 4.69) is 34.2 Å². The summed E-state index contributed by atoms with van der Waals surface area (Å²) < 4.78 is 7.63. The molecule has 2 aromatic heterocycles. The van der Waals surface area contributed by atoms with Crippen molar-refractivity contribution in [3.8, 4) is 0 Å². The lowest BCUT2D eigenvalue weighted by molar-refractivity contribution is 0.164. The number of H-pyrrole nitrogens is 1. The molecule has 0 unspecified atom stereocenters. The Balaban J connectivity index is 1.49. The molecule has 1 aliphatic rings. The summed E-state index contributed by atoms with van der Waals surface area (Å²) in [4.78, 5) is 14.1. The van der Waals surface area contributed by atoms with E-state index >= 15 is 0 Å². The largest absolute Gasteiger partial charge is 0.465 e. The van der Waals surface area contributed by atoms with Crippen molar-refractivity contribution in [1.29, 1.82) is 0 Å².